The third kappa shape index (κ3) is 2.51. The predicted octanol–water partition coefficient (Wildman–Crippen LogP) is 0.389. The van der Waals surface area contributed by atoms with E-state index < -0.39 is 5.97 Å². The third-order valence-corrected chi connectivity index (χ3v) is 1.80. The summed E-state index contributed by atoms with van der Waals surface area (Å²) in [5.41, 5.74) is -0.250. The number of hydrogen-bond donors (Lipinski definition) is 2. The van der Waals surface area contributed by atoms with Gasteiger partial charge in [0.05, 0.1) is 5.03 Å². The second kappa shape index (κ2) is 4.63. The van der Waals surface area contributed by atoms with E-state index in [-0.39, 0.29) is 5.57 Å². The summed E-state index contributed by atoms with van der Waals surface area (Å²) in [6.07, 6.45) is 1.70. The number of carboxylic acid groups (broad SMARTS) is 1. The Hall–Kier alpha value is -1.15. The summed E-state index contributed by atoms with van der Waals surface area (Å²) in [6, 6.07) is 1.60. The number of nitriles is 1. The molecule has 0 aliphatic rings. The zero-order valence-corrected chi connectivity index (χ0v) is 7.03. The Morgan fingerprint density at radius 2 is 2.27 bits per heavy atom. The summed E-state index contributed by atoms with van der Waals surface area (Å²) in [5, 5.41) is 19.9. The van der Waals surface area contributed by atoms with E-state index in [9.17, 15) is 4.79 Å². The van der Waals surface area contributed by atoms with Crippen LogP contribution in [-0.4, -0.2) is 24.4 Å². The van der Waals surface area contributed by atoms with Gasteiger partial charge in [-0.05, 0) is 6.26 Å². The molecule has 4 nitrogen and oxygen atoms in total. The summed E-state index contributed by atoms with van der Waals surface area (Å²) >= 11 is 1.20. The third-order valence-electron chi connectivity index (χ3n) is 0.984. The van der Waals surface area contributed by atoms with Gasteiger partial charge in [0, 0.05) is 7.05 Å². The maximum atomic E-state index is 10.4. The average Bonchev–Trinajstić information content (AvgIpc) is 1.99. The van der Waals surface area contributed by atoms with E-state index in [1.807, 2.05) is 0 Å². The fraction of sp³-hybridized carbons (Fsp3) is 0.333. The number of nitrogens with one attached hydrogen (secondary N) is 1. The lowest BCUT2D eigenvalue weighted by Gasteiger charge is -2.01. The molecule has 0 aromatic rings. The molecule has 0 amide bonds. The van der Waals surface area contributed by atoms with Crippen LogP contribution in [0, 0.1) is 11.3 Å². The molecule has 60 valence electrons. The first-order chi connectivity index (χ1) is 5.17. The van der Waals surface area contributed by atoms with Crippen molar-refractivity contribution in [3.8, 4) is 6.07 Å². The Morgan fingerprint density at radius 1 is 1.73 bits per heavy atom. The molecule has 5 heteroatoms. The first kappa shape index (κ1) is 9.85. The molecule has 2 N–H and O–H groups in total. The molecule has 0 bridgehead atoms. The largest absolute Gasteiger partial charge is 0.477 e. The minimum absolute atomic E-state index is 0.250. The molecule has 0 aromatic carbocycles. The molecule has 0 heterocycles. The number of aliphatic carboxylic acids is 1. The SMILES string of the molecule is CN/C(SC)=C(/C#N)C(=O)O. The molecule has 0 saturated heterocycles. The van der Waals surface area contributed by atoms with Crippen molar-refractivity contribution in [3.63, 3.8) is 0 Å². The fourth-order valence-corrected chi connectivity index (χ4v) is 1.07. The highest BCUT2D eigenvalue weighted by molar-refractivity contribution is 8.02. The van der Waals surface area contributed by atoms with Gasteiger partial charge in [0.2, 0.25) is 0 Å². The van der Waals surface area contributed by atoms with Gasteiger partial charge < -0.3 is 10.4 Å². The highest BCUT2D eigenvalue weighted by Gasteiger charge is 2.11. The standard InChI is InChI=1S/C6H8N2O2S/c1-8-5(11-2)4(3-7)6(9)10/h8H,1-2H3,(H,9,10)/b5-4+. The van der Waals surface area contributed by atoms with Crippen LogP contribution < -0.4 is 5.32 Å². The lowest BCUT2D eigenvalue weighted by atomic mass is 10.3. The van der Waals surface area contributed by atoms with Gasteiger partial charge in [0.25, 0.3) is 0 Å². The van der Waals surface area contributed by atoms with Crippen molar-refractivity contribution in [2.75, 3.05) is 13.3 Å². The molecule has 0 aliphatic heterocycles. The number of thioether (sulfide) groups is 1. The zero-order valence-electron chi connectivity index (χ0n) is 6.21. The van der Waals surface area contributed by atoms with Crippen LogP contribution in [-0.2, 0) is 4.79 Å². The Morgan fingerprint density at radius 3 is 2.36 bits per heavy atom. The Balaban J connectivity index is 4.82. The van der Waals surface area contributed by atoms with Gasteiger partial charge in [-0.15, -0.1) is 11.8 Å². The van der Waals surface area contributed by atoms with Crippen molar-refractivity contribution < 1.29 is 9.90 Å². The van der Waals surface area contributed by atoms with Crippen LogP contribution in [0.3, 0.4) is 0 Å². The van der Waals surface area contributed by atoms with Crippen molar-refractivity contribution in [2.24, 2.45) is 0 Å². The second-order valence-corrected chi connectivity index (χ2v) is 2.39. The zero-order chi connectivity index (χ0) is 8.85. The molecular formula is C6H8N2O2S. The quantitative estimate of drug-likeness (QED) is 0.476. The van der Waals surface area contributed by atoms with Crippen LogP contribution in [0.15, 0.2) is 10.6 Å². The summed E-state index contributed by atoms with van der Waals surface area (Å²) < 4.78 is 0. The molecule has 0 aromatic heterocycles. The second-order valence-electron chi connectivity index (χ2n) is 1.58. The van der Waals surface area contributed by atoms with Crippen LogP contribution >= 0.6 is 11.8 Å². The van der Waals surface area contributed by atoms with Gasteiger partial charge in [0.15, 0.2) is 5.57 Å². The number of hydrogen-bond acceptors (Lipinski definition) is 4. The molecule has 0 spiro atoms. The highest BCUT2D eigenvalue weighted by atomic mass is 32.2. The topological polar surface area (TPSA) is 73.1 Å². The van der Waals surface area contributed by atoms with E-state index in [2.05, 4.69) is 5.32 Å². The number of rotatable bonds is 3. The van der Waals surface area contributed by atoms with Crippen molar-refractivity contribution in [1.82, 2.24) is 5.32 Å². The molecule has 0 atom stereocenters. The van der Waals surface area contributed by atoms with E-state index in [0.717, 1.165) is 0 Å². The molecule has 0 radical (unpaired) electrons. The van der Waals surface area contributed by atoms with Gasteiger partial charge in [-0.1, -0.05) is 0 Å². The maximum absolute atomic E-state index is 10.4. The van der Waals surface area contributed by atoms with Crippen molar-refractivity contribution >= 4 is 17.7 Å². The van der Waals surface area contributed by atoms with Crippen molar-refractivity contribution in [1.29, 1.82) is 5.26 Å². The lowest BCUT2D eigenvalue weighted by molar-refractivity contribution is -0.132. The van der Waals surface area contributed by atoms with Gasteiger partial charge in [-0.3, -0.25) is 0 Å². The molecular weight excluding hydrogens is 164 g/mol. The van der Waals surface area contributed by atoms with E-state index in [4.69, 9.17) is 10.4 Å². The lowest BCUT2D eigenvalue weighted by Crippen LogP contribution is -2.10. The first-order valence-corrected chi connectivity index (χ1v) is 3.99. The summed E-state index contributed by atoms with van der Waals surface area (Å²) in [6.45, 7) is 0. The predicted molar refractivity (Wildman–Crippen MR) is 42.8 cm³/mol. The number of carbonyl (C=O) groups is 1. The van der Waals surface area contributed by atoms with Gasteiger partial charge in [0.1, 0.15) is 6.07 Å². The Kier molecular flexibility index (Phi) is 4.15. The maximum Gasteiger partial charge on any atom is 0.349 e. The fourth-order valence-electron chi connectivity index (χ4n) is 0.525. The normalized spacial score (nSPS) is 11.4. The Labute approximate surface area is 68.9 Å². The molecule has 0 rings (SSSR count). The molecule has 0 unspecified atom stereocenters. The van der Waals surface area contributed by atoms with E-state index in [1.165, 1.54) is 11.8 Å². The van der Waals surface area contributed by atoms with Crippen LogP contribution in [0.4, 0.5) is 0 Å². The number of carboxylic acids is 1. The van der Waals surface area contributed by atoms with Crippen molar-refractivity contribution in [3.05, 3.63) is 10.6 Å². The molecule has 11 heavy (non-hydrogen) atoms. The van der Waals surface area contributed by atoms with Crippen LogP contribution in [0.5, 0.6) is 0 Å². The molecule has 0 fully saturated rings. The van der Waals surface area contributed by atoms with Gasteiger partial charge in [-0.25, -0.2) is 4.79 Å². The van der Waals surface area contributed by atoms with Crippen molar-refractivity contribution in [2.45, 2.75) is 0 Å². The van der Waals surface area contributed by atoms with Crippen LogP contribution in [0.1, 0.15) is 0 Å². The first-order valence-electron chi connectivity index (χ1n) is 2.76. The Bertz CT molecular complexity index is 223. The van der Waals surface area contributed by atoms with Gasteiger partial charge >= 0.3 is 5.97 Å². The molecule has 0 saturated carbocycles. The summed E-state index contributed by atoms with van der Waals surface area (Å²) in [5.74, 6) is -1.20. The van der Waals surface area contributed by atoms with Gasteiger partial charge in [-0.2, -0.15) is 5.26 Å². The van der Waals surface area contributed by atoms with Crippen LogP contribution in [0.2, 0.25) is 0 Å². The minimum atomic E-state index is -1.20. The monoisotopic (exact) mass is 172 g/mol. The van der Waals surface area contributed by atoms with Crippen LogP contribution in [0.25, 0.3) is 0 Å². The number of nitrogens with zero attached hydrogens (tertiary/aromatic N) is 1. The van der Waals surface area contributed by atoms with E-state index in [1.54, 1.807) is 19.4 Å². The smallest absolute Gasteiger partial charge is 0.349 e. The highest BCUT2D eigenvalue weighted by Crippen LogP contribution is 2.12. The minimum Gasteiger partial charge on any atom is -0.477 e. The van der Waals surface area contributed by atoms with E-state index in [0.29, 0.717) is 5.03 Å². The summed E-state index contributed by atoms with van der Waals surface area (Å²) in [7, 11) is 1.58. The molecule has 0 aliphatic carbocycles. The summed E-state index contributed by atoms with van der Waals surface area (Å²) in [4.78, 5) is 10.4. The van der Waals surface area contributed by atoms with E-state index >= 15 is 0 Å². The average molecular weight is 172 g/mol.